The van der Waals surface area contributed by atoms with Crippen LogP contribution in [0, 0.1) is 12.7 Å². The summed E-state index contributed by atoms with van der Waals surface area (Å²) < 4.78 is 15.6. The molecule has 7 heteroatoms. The number of benzene rings is 2. The fourth-order valence-corrected chi connectivity index (χ4v) is 4.35. The highest BCUT2D eigenvalue weighted by Gasteiger charge is 2.39. The van der Waals surface area contributed by atoms with Gasteiger partial charge in [0.2, 0.25) is 5.43 Å². The normalized spacial score (nSPS) is 16.8. The van der Waals surface area contributed by atoms with Crippen molar-refractivity contribution < 1.29 is 14.3 Å². The first kappa shape index (κ1) is 20.8. The predicted molar refractivity (Wildman–Crippen MR) is 115 cm³/mol. The lowest BCUT2D eigenvalue weighted by Crippen LogP contribution is -2.47. The summed E-state index contributed by atoms with van der Waals surface area (Å²) in [4.78, 5) is 26.7. The maximum atomic E-state index is 14.2. The summed E-state index contributed by atoms with van der Waals surface area (Å²) in [5.74, 6) is -1.74. The van der Waals surface area contributed by atoms with Crippen molar-refractivity contribution >= 4 is 5.91 Å². The molecule has 0 radical (unpaired) electrons. The number of halogens is 1. The summed E-state index contributed by atoms with van der Waals surface area (Å²) in [6, 6.07) is 13.8. The van der Waals surface area contributed by atoms with E-state index in [0.717, 1.165) is 29.3 Å². The quantitative estimate of drug-likeness (QED) is 0.683. The molecule has 2 unspecified atom stereocenters. The zero-order valence-corrected chi connectivity index (χ0v) is 17.5. The molecule has 1 aliphatic rings. The zero-order valence-electron chi connectivity index (χ0n) is 17.5. The van der Waals surface area contributed by atoms with Crippen LogP contribution in [0.15, 0.2) is 59.5 Å². The molecule has 160 valence electrons. The number of carbonyl (C=O) groups is 1. The van der Waals surface area contributed by atoms with E-state index in [2.05, 4.69) is 5.10 Å². The highest BCUT2D eigenvalue weighted by molar-refractivity contribution is 5.95. The van der Waals surface area contributed by atoms with Gasteiger partial charge in [-0.2, -0.15) is 5.10 Å². The molecule has 31 heavy (non-hydrogen) atoms. The topological polar surface area (TPSA) is 75.4 Å². The van der Waals surface area contributed by atoms with Gasteiger partial charge in [0.05, 0.1) is 12.2 Å². The number of carbonyl (C=O) groups excluding carboxylic acids is 1. The fourth-order valence-electron chi connectivity index (χ4n) is 4.35. The van der Waals surface area contributed by atoms with E-state index in [1.807, 2.05) is 44.2 Å². The number of nitrogens with zero attached hydrogens (tertiary/aromatic N) is 3. The Bertz CT molecular complexity index is 1150. The number of hydrogen-bond donors (Lipinski definition) is 1. The standard InChI is InChI=1S/C24H24FN3O3/c1-3-10-27-14-19(28-22(24(27)31)23(30)20(29)13-26-28)21(16-7-4-6-15(2)11-16)17-8-5-9-18(25)12-17/h4-9,11-13,19,21,30H,3,10,14H2,1-2H3. The molecule has 1 aromatic heterocycles. The summed E-state index contributed by atoms with van der Waals surface area (Å²) in [5, 5.41) is 14.7. The molecule has 0 bridgehead atoms. The number of hydrogen-bond acceptors (Lipinski definition) is 4. The summed E-state index contributed by atoms with van der Waals surface area (Å²) in [6.45, 7) is 4.73. The molecule has 0 saturated carbocycles. The lowest BCUT2D eigenvalue weighted by atomic mass is 9.83. The van der Waals surface area contributed by atoms with Crippen molar-refractivity contribution in [2.24, 2.45) is 0 Å². The summed E-state index contributed by atoms with van der Waals surface area (Å²) in [6.07, 6.45) is 1.74. The van der Waals surface area contributed by atoms with Gasteiger partial charge in [-0.05, 0) is 36.6 Å². The number of fused-ring (bicyclic) bond motifs is 1. The third-order valence-corrected chi connectivity index (χ3v) is 5.68. The Morgan fingerprint density at radius 1 is 1.16 bits per heavy atom. The summed E-state index contributed by atoms with van der Waals surface area (Å²) in [5.41, 5.74) is 1.90. The molecular weight excluding hydrogens is 397 g/mol. The van der Waals surface area contributed by atoms with E-state index >= 15 is 0 Å². The van der Waals surface area contributed by atoms with E-state index in [-0.39, 0.29) is 17.4 Å². The monoisotopic (exact) mass is 421 g/mol. The van der Waals surface area contributed by atoms with Gasteiger partial charge in [-0.1, -0.05) is 48.9 Å². The number of aromatic nitrogens is 2. The Morgan fingerprint density at radius 2 is 1.87 bits per heavy atom. The van der Waals surface area contributed by atoms with Gasteiger partial charge in [-0.3, -0.25) is 14.3 Å². The van der Waals surface area contributed by atoms with Crippen LogP contribution in [0.1, 0.15) is 52.5 Å². The molecule has 2 heterocycles. The van der Waals surface area contributed by atoms with Crippen molar-refractivity contribution in [2.75, 3.05) is 13.1 Å². The molecule has 2 aromatic carbocycles. The first-order valence-corrected chi connectivity index (χ1v) is 10.3. The van der Waals surface area contributed by atoms with Gasteiger partial charge in [0.1, 0.15) is 5.82 Å². The smallest absolute Gasteiger partial charge is 0.276 e. The van der Waals surface area contributed by atoms with E-state index in [4.69, 9.17) is 0 Å². The van der Waals surface area contributed by atoms with Crippen molar-refractivity contribution in [1.29, 1.82) is 0 Å². The van der Waals surface area contributed by atoms with Crippen molar-refractivity contribution in [3.05, 3.63) is 93.2 Å². The lowest BCUT2D eigenvalue weighted by Gasteiger charge is -2.39. The van der Waals surface area contributed by atoms with Crippen LogP contribution < -0.4 is 5.43 Å². The van der Waals surface area contributed by atoms with Crippen molar-refractivity contribution in [2.45, 2.75) is 32.2 Å². The molecule has 0 saturated heterocycles. The maximum Gasteiger partial charge on any atom is 0.276 e. The van der Waals surface area contributed by atoms with E-state index in [0.29, 0.717) is 13.1 Å². The number of aryl methyl sites for hydroxylation is 1. The second kappa shape index (κ2) is 8.34. The Kier molecular flexibility index (Phi) is 5.59. The van der Waals surface area contributed by atoms with Crippen LogP contribution in [0.2, 0.25) is 0 Å². The van der Waals surface area contributed by atoms with Crippen molar-refractivity contribution in [3.8, 4) is 5.75 Å². The van der Waals surface area contributed by atoms with Crippen LogP contribution in [0.4, 0.5) is 4.39 Å². The van der Waals surface area contributed by atoms with Gasteiger partial charge in [-0.25, -0.2) is 4.39 Å². The van der Waals surface area contributed by atoms with Crippen LogP contribution in [0.5, 0.6) is 5.75 Å². The Labute approximate surface area is 179 Å². The fraction of sp³-hybridized carbons (Fsp3) is 0.292. The van der Waals surface area contributed by atoms with Gasteiger partial charge in [0.25, 0.3) is 5.91 Å². The third kappa shape index (κ3) is 3.83. The van der Waals surface area contributed by atoms with Crippen LogP contribution >= 0.6 is 0 Å². The maximum absolute atomic E-state index is 14.2. The van der Waals surface area contributed by atoms with Crippen LogP contribution in [-0.2, 0) is 0 Å². The molecule has 3 aromatic rings. The molecule has 4 rings (SSSR count). The van der Waals surface area contributed by atoms with Gasteiger partial charge in [-0.15, -0.1) is 0 Å². The Morgan fingerprint density at radius 3 is 2.55 bits per heavy atom. The van der Waals surface area contributed by atoms with Crippen LogP contribution in [-0.4, -0.2) is 38.8 Å². The SMILES string of the molecule is CCCN1CC(C(c2cccc(C)c2)c2cccc(F)c2)n2ncc(=O)c(O)c2C1=O. The largest absolute Gasteiger partial charge is 0.502 e. The molecule has 1 aliphatic heterocycles. The zero-order chi connectivity index (χ0) is 22.1. The first-order valence-electron chi connectivity index (χ1n) is 10.3. The molecule has 0 fully saturated rings. The predicted octanol–water partition coefficient (Wildman–Crippen LogP) is 3.64. The van der Waals surface area contributed by atoms with Crippen LogP contribution in [0.25, 0.3) is 0 Å². The number of amides is 1. The third-order valence-electron chi connectivity index (χ3n) is 5.68. The Balaban J connectivity index is 1.96. The minimum atomic E-state index is -0.699. The minimum absolute atomic E-state index is 0.119. The molecule has 0 aliphatic carbocycles. The Hall–Kier alpha value is -3.48. The molecule has 1 N–H and O–H groups in total. The van der Waals surface area contributed by atoms with Gasteiger partial charge in [0, 0.05) is 19.0 Å². The second-order valence-electron chi connectivity index (χ2n) is 7.92. The number of rotatable bonds is 5. The highest BCUT2D eigenvalue weighted by atomic mass is 19.1. The van der Waals surface area contributed by atoms with E-state index in [9.17, 15) is 19.1 Å². The highest BCUT2D eigenvalue weighted by Crippen LogP contribution is 2.39. The first-order chi connectivity index (χ1) is 14.9. The molecule has 2 atom stereocenters. The summed E-state index contributed by atoms with van der Waals surface area (Å²) in [7, 11) is 0. The summed E-state index contributed by atoms with van der Waals surface area (Å²) >= 11 is 0. The van der Waals surface area contributed by atoms with E-state index in [1.54, 1.807) is 11.0 Å². The van der Waals surface area contributed by atoms with E-state index < -0.39 is 23.1 Å². The van der Waals surface area contributed by atoms with Crippen molar-refractivity contribution in [1.82, 2.24) is 14.7 Å². The lowest BCUT2D eigenvalue weighted by molar-refractivity contribution is 0.0634. The molecular formula is C24H24FN3O3. The van der Waals surface area contributed by atoms with Crippen LogP contribution in [0.3, 0.4) is 0 Å². The van der Waals surface area contributed by atoms with Gasteiger partial charge >= 0.3 is 0 Å². The van der Waals surface area contributed by atoms with E-state index in [1.165, 1.54) is 16.8 Å². The molecule has 0 spiro atoms. The molecule has 1 amide bonds. The second-order valence-corrected chi connectivity index (χ2v) is 7.92. The average molecular weight is 421 g/mol. The minimum Gasteiger partial charge on any atom is -0.502 e. The number of aromatic hydroxyl groups is 1. The van der Waals surface area contributed by atoms with Gasteiger partial charge in [0.15, 0.2) is 11.4 Å². The average Bonchev–Trinajstić information content (AvgIpc) is 2.74. The molecule has 6 nitrogen and oxygen atoms in total. The van der Waals surface area contributed by atoms with Gasteiger partial charge < -0.3 is 10.0 Å². The van der Waals surface area contributed by atoms with Crippen molar-refractivity contribution in [3.63, 3.8) is 0 Å².